The molecule has 0 aliphatic rings. The molecule has 0 saturated heterocycles. The van der Waals surface area contributed by atoms with Crippen LogP contribution in [0.3, 0.4) is 0 Å². The van der Waals surface area contributed by atoms with Crippen LogP contribution in [0.15, 0.2) is 24.3 Å². The van der Waals surface area contributed by atoms with Gasteiger partial charge in [-0.25, -0.2) is 5.48 Å². The first-order valence-corrected chi connectivity index (χ1v) is 5.12. The van der Waals surface area contributed by atoms with Gasteiger partial charge in [-0.3, -0.25) is 14.4 Å². The van der Waals surface area contributed by atoms with Crippen LogP contribution in [0.1, 0.15) is 23.2 Å². The van der Waals surface area contributed by atoms with Gasteiger partial charge in [0.25, 0.3) is 0 Å². The summed E-state index contributed by atoms with van der Waals surface area (Å²) in [6.45, 7) is 0. The molecule has 16 heavy (non-hydrogen) atoms. The van der Waals surface area contributed by atoms with Crippen LogP contribution in [0.25, 0.3) is 0 Å². The highest BCUT2D eigenvalue weighted by Crippen LogP contribution is 2.17. The average molecular weight is 242 g/mol. The SMILES string of the molecule is CONC(=O)CCC(=O)c1ccccc1Cl. The topological polar surface area (TPSA) is 55.4 Å². The number of carbonyl (C=O) groups excluding carboxylic acids is 2. The summed E-state index contributed by atoms with van der Waals surface area (Å²) in [6.07, 6.45) is 0.191. The van der Waals surface area contributed by atoms with Crippen molar-refractivity contribution in [3.05, 3.63) is 34.9 Å². The molecule has 1 rings (SSSR count). The highest BCUT2D eigenvalue weighted by molar-refractivity contribution is 6.34. The van der Waals surface area contributed by atoms with Crippen LogP contribution in [0.5, 0.6) is 0 Å². The Labute approximate surface area is 98.5 Å². The van der Waals surface area contributed by atoms with Crippen molar-refractivity contribution in [2.45, 2.75) is 12.8 Å². The second kappa shape index (κ2) is 6.25. The van der Waals surface area contributed by atoms with E-state index in [9.17, 15) is 9.59 Å². The maximum atomic E-state index is 11.7. The van der Waals surface area contributed by atoms with Gasteiger partial charge in [0.15, 0.2) is 5.78 Å². The van der Waals surface area contributed by atoms with Crippen LogP contribution in [0, 0.1) is 0 Å². The number of hydrogen-bond donors (Lipinski definition) is 1. The molecule has 0 aliphatic heterocycles. The first-order valence-electron chi connectivity index (χ1n) is 4.74. The van der Waals surface area contributed by atoms with E-state index in [0.29, 0.717) is 10.6 Å². The van der Waals surface area contributed by atoms with Crippen molar-refractivity contribution in [2.24, 2.45) is 0 Å². The molecule has 0 bridgehead atoms. The largest absolute Gasteiger partial charge is 0.294 e. The van der Waals surface area contributed by atoms with E-state index in [1.807, 2.05) is 0 Å². The second-order valence-electron chi connectivity index (χ2n) is 3.13. The van der Waals surface area contributed by atoms with Gasteiger partial charge in [0, 0.05) is 18.4 Å². The lowest BCUT2D eigenvalue weighted by atomic mass is 10.1. The molecule has 0 heterocycles. The van der Waals surface area contributed by atoms with Gasteiger partial charge in [0.2, 0.25) is 5.91 Å². The van der Waals surface area contributed by atoms with Gasteiger partial charge >= 0.3 is 0 Å². The van der Waals surface area contributed by atoms with Crippen LogP contribution in [0.2, 0.25) is 5.02 Å². The first-order chi connectivity index (χ1) is 7.65. The predicted octanol–water partition coefficient (Wildman–Crippen LogP) is 1.98. The van der Waals surface area contributed by atoms with Gasteiger partial charge in [-0.05, 0) is 12.1 Å². The number of ketones is 1. The Morgan fingerprint density at radius 3 is 2.62 bits per heavy atom. The van der Waals surface area contributed by atoms with Crippen molar-refractivity contribution in [3.8, 4) is 0 Å². The standard InChI is InChI=1S/C11H12ClNO3/c1-16-13-11(15)7-6-10(14)8-4-2-3-5-9(8)12/h2-5H,6-7H2,1H3,(H,13,15). The summed E-state index contributed by atoms with van der Waals surface area (Å²) in [5.41, 5.74) is 2.58. The Morgan fingerprint density at radius 1 is 1.31 bits per heavy atom. The van der Waals surface area contributed by atoms with E-state index in [1.165, 1.54) is 7.11 Å². The van der Waals surface area contributed by atoms with E-state index in [0.717, 1.165) is 0 Å². The number of benzene rings is 1. The fourth-order valence-corrected chi connectivity index (χ4v) is 1.46. The third kappa shape index (κ3) is 3.64. The maximum Gasteiger partial charge on any atom is 0.243 e. The number of hydrogen-bond acceptors (Lipinski definition) is 3. The first kappa shape index (κ1) is 12.7. The van der Waals surface area contributed by atoms with Crippen LogP contribution in [-0.4, -0.2) is 18.8 Å². The van der Waals surface area contributed by atoms with E-state index in [2.05, 4.69) is 10.3 Å². The zero-order chi connectivity index (χ0) is 12.0. The Balaban J connectivity index is 2.54. The molecule has 86 valence electrons. The second-order valence-corrected chi connectivity index (χ2v) is 3.54. The molecule has 0 radical (unpaired) electrons. The summed E-state index contributed by atoms with van der Waals surface area (Å²) in [5.74, 6) is -0.486. The summed E-state index contributed by atoms with van der Waals surface area (Å²) < 4.78 is 0. The molecular weight excluding hydrogens is 230 g/mol. The third-order valence-electron chi connectivity index (χ3n) is 1.97. The number of halogens is 1. The molecule has 0 saturated carbocycles. The smallest absolute Gasteiger partial charge is 0.243 e. The lowest BCUT2D eigenvalue weighted by Crippen LogP contribution is -2.22. The van der Waals surface area contributed by atoms with Crippen molar-refractivity contribution in [1.82, 2.24) is 5.48 Å². The zero-order valence-corrected chi connectivity index (χ0v) is 9.58. The Bertz CT molecular complexity index is 393. The van der Waals surface area contributed by atoms with Crippen LogP contribution < -0.4 is 5.48 Å². The van der Waals surface area contributed by atoms with Crippen LogP contribution in [-0.2, 0) is 9.63 Å². The maximum absolute atomic E-state index is 11.7. The minimum Gasteiger partial charge on any atom is -0.294 e. The van der Waals surface area contributed by atoms with Crippen molar-refractivity contribution >= 4 is 23.3 Å². The van der Waals surface area contributed by atoms with Crippen LogP contribution >= 0.6 is 11.6 Å². The molecule has 1 aromatic carbocycles. The fourth-order valence-electron chi connectivity index (χ4n) is 1.21. The molecule has 1 aromatic rings. The minimum atomic E-state index is -0.331. The number of rotatable bonds is 5. The Kier molecular flexibility index (Phi) is 4.95. The molecule has 0 aliphatic carbocycles. The molecule has 1 N–H and O–H groups in total. The molecule has 0 unspecified atom stereocenters. The average Bonchev–Trinajstić information content (AvgIpc) is 2.27. The molecule has 0 aromatic heterocycles. The zero-order valence-electron chi connectivity index (χ0n) is 8.83. The van der Waals surface area contributed by atoms with E-state index in [-0.39, 0.29) is 24.5 Å². The van der Waals surface area contributed by atoms with Gasteiger partial charge in [0.1, 0.15) is 0 Å². The predicted molar refractivity (Wildman–Crippen MR) is 60.2 cm³/mol. The molecule has 0 atom stereocenters. The molecule has 0 spiro atoms. The number of nitrogens with one attached hydrogen (secondary N) is 1. The molecule has 1 amide bonds. The number of amides is 1. The van der Waals surface area contributed by atoms with Gasteiger partial charge in [-0.1, -0.05) is 23.7 Å². The summed E-state index contributed by atoms with van der Waals surface area (Å²) in [7, 11) is 1.34. The number of carbonyl (C=O) groups is 2. The summed E-state index contributed by atoms with van der Waals surface area (Å²) in [4.78, 5) is 27.1. The fraction of sp³-hybridized carbons (Fsp3) is 0.273. The van der Waals surface area contributed by atoms with Crippen molar-refractivity contribution in [1.29, 1.82) is 0 Å². The summed E-state index contributed by atoms with van der Waals surface area (Å²) >= 11 is 5.85. The van der Waals surface area contributed by atoms with Crippen LogP contribution in [0.4, 0.5) is 0 Å². The highest BCUT2D eigenvalue weighted by Gasteiger charge is 2.11. The minimum absolute atomic E-state index is 0.0812. The van der Waals surface area contributed by atoms with Crippen molar-refractivity contribution in [3.63, 3.8) is 0 Å². The van der Waals surface area contributed by atoms with Crippen molar-refractivity contribution < 1.29 is 14.4 Å². The highest BCUT2D eigenvalue weighted by atomic mass is 35.5. The van der Waals surface area contributed by atoms with E-state index < -0.39 is 0 Å². The lowest BCUT2D eigenvalue weighted by Gasteiger charge is -2.03. The van der Waals surface area contributed by atoms with Crippen molar-refractivity contribution in [2.75, 3.05) is 7.11 Å². The summed E-state index contributed by atoms with van der Waals surface area (Å²) in [5, 5.41) is 0.402. The molecule has 0 fully saturated rings. The number of Topliss-reactive ketones (excluding diaryl/α,β-unsaturated/α-hetero) is 1. The lowest BCUT2D eigenvalue weighted by molar-refractivity contribution is -0.131. The van der Waals surface area contributed by atoms with E-state index in [1.54, 1.807) is 24.3 Å². The van der Waals surface area contributed by atoms with E-state index >= 15 is 0 Å². The molecule has 4 nitrogen and oxygen atoms in total. The normalized spacial score (nSPS) is 9.88. The quantitative estimate of drug-likeness (QED) is 0.634. The monoisotopic (exact) mass is 241 g/mol. The Hall–Kier alpha value is -1.39. The number of hydroxylamine groups is 1. The van der Waals surface area contributed by atoms with Gasteiger partial charge in [-0.2, -0.15) is 0 Å². The Morgan fingerprint density at radius 2 is 2.00 bits per heavy atom. The van der Waals surface area contributed by atoms with Gasteiger partial charge < -0.3 is 0 Å². The van der Waals surface area contributed by atoms with E-state index in [4.69, 9.17) is 11.6 Å². The summed E-state index contributed by atoms with van der Waals surface area (Å²) in [6, 6.07) is 6.76. The van der Waals surface area contributed by atoms with Gasteiger partial charge in [0.05, 0.1) is 12.1 Å². The van der Waals surface area contributed by atoms with Gasteiger partial charge in [-0.15, -0.1) is 0 Å². The molecule has 5 heteroatoms. The third-order valence-corrected chi connectivity index (χ3v) is 2.30. The molecular formula is C11H12ClNO3.